The van der Waals surface area contributed by atoms with Gasteiger partial charge in [0, 0.05) is 12.5 Å². The number of carbonyl (C=O) groups is 1. The molecule has 3 nitrogen and oxygen atoms in total. The van der Waals surface area contributed by atoms with E-state index in [0.29, 0.717) is 5.92 Å². The molecule has 12 heavy (non-hydrogen) atoms. The Bertz CT molecular complexity index is 193. The van der Waals surface area contributed by atoms with Crippen LogP contribution < -0.4 is 10.6 Å². The van der Waals surface area contributed by atoms with E-state index in [1.54, 1.807) is 0 Å². The number of hydrogen-bond donors (Lipinski definition) is 2. The van der Waals surface area contributed by atoms with Gasteiger partial charge in [0.2, 0.25) is 5.91 Å². The first-order valence-corrected chi connectivity index (χ1v) is 4.72. The first-order valence-electron chi connectivity index (χ1n) is 4.72. The van der Waals surface area contributed by atoms with E-state index in [2.05, 4.69) is 17.6 Å². The summed E-state index contributed by atoms with van der Waals surface area (Å²) >= 11 is 0. The summed E-state index contributed by atoms with van der Waals surface area (Å²) in [4.78, 5) is 11.4. The van der Waals surface area contributed by atoms with Gasteiger partial charge in [-0.05, 0) is 32.7 Å². The van der Waals surface area contributed by atoms with Crippen molar-refractivity contribution >= 4 is 5.91 Å². The molecule has 1 atom stereocenters. The topological polar surface area (TPSA) is 41.1 Å². The van der Waals surface area contributed by atoms with Gasteiger partial charge in [-0.3, -0.25) is 4.79 Å². The molecule has 2 fully saturated rings. The number of amides is 1. The second-order valence-electron chi connectivity index (χ2n) is 4.25. The Balaban J connectivity index is 1.87. The van der Waals surface area contributed by atoms with Crippen LogP contribution in [0.5, 0.6) is 0 Å². The van der Waals surface area contributed by atoms with Crippen LogP contribution in [0.4, 0.5) is 0 Å². The van der Waals surface area contributed by atoms with Crippen LogP contribution in [0.1, 0.15) is 26.2 Å². The maximum atomic E-state index is 11.4. The minimum Gasteiger partial charge on any atom is -0.349 e. The average Bonchev–Trinajstić information content (AvgIpc) is 2.77. The lowest BCUT2D eigenvalue weighted by atomic mass is 10.0. The third-order valence-electron chi connectivity index (χ3n) is 2.74. The van der Waals surface area contributed by atoms with Crippen LogP contribution in [-0.4, -0.2) is 24.5 Å². The summed E-state index contributed by atoms with van der Waals surface area (Å²) < 4.78 is 0. The molecule has 1 amide bonds. The molecule has 0 bridgehead atoms. The van der Waals surface area contributed by atoms with Crippen LogP contribution in [0.3, 0.4) is 0 Å². The minimum atomic E-state index is 0.0275. The Morgan fingerprint density at radius 2 is 2.33 bits per heavy atom. The molecule has 1 saturated carbocycles. The van der Waals surface area contributed by atoms with Crippen molar-refractivity contribution in [2.45, 2.75) is 31.7 Å². The molecule has 1 saturated heterocycles. The van der Waals surface area contributed by atoms with Gasteiger partial charge in [0.25, 0.3) is 0 Å². The molecule has 0 radical (unpaired) electrons. The molecule has 1 unspecified atom stereocenters. The average molecular weight is 168 g/mol. The fourth-order valence-electron chi connectivity index (χ4n) is 1.67. The fraction of sp³-hybridized carbons (Fsp3) is 0.889. The van der Waals surface area contributed by atoms with Crippen LogP contribution in [-0.2, 0) is 4.79 Å². The molecule has 2 N–H and O–H groups in total. The predicted octanol–water partition coefficient (Wildman–Crippen LogP) is 0.265. The van der Waals surface area contributed by atoms with E-state index in [0.717, 1.165) is 32.4 Å². The Morgan fingerprint density at radius 3 is 2.83 bits per heavy atom. The third kappa shape index (κ3) is 1.61. The molecular formula is C9H16N2O. The molecule has 2 rings (SSSR count). The van der Waals surface area contributed by atoms with E-state index in [1.165, 1.54) is 0 Å². The molecule has 3 heteroatoms. The maximum absolute atomic E-state index is 11.4. The van der Waals surface area contributed by atoms with Crippen molar-refractivity contribution in [3.05, 3.63) is 0 Å². The van der Waals surface area contributed by atoms with Crippen molar-refractivity contribution < 1.29 is 4.79 Å². The molecule has 68 valence electrons. The van der Waals surface area contributed by atoms with Crippen molar-refractivity contribution in [2.75, 3.05) is 13.1 Å². The predicted molar refractivity (Wildman–Crippen MR) is 46.8 cm³/mol. The molecule has 0 aromatic rings. The van der Waals surface area contributed by atoms with Gasteiger partial charge >= 0.3 is 0 Å². The van der Waals surface area contributed by atoms with E-state index < -0.39 is 0 Å². The summed E-state index contributed by atoms with van der Waals surface area (Å²) in [6, 6.07) is 0. The number of carbonyl (C=O) groups excluding carboxylic acids is 1. The molecular weight excluding hydrogens is 152 g/mol. The van der Waals surface area contributed by atoms with Crippen molar-refractivity contribution in [3.8, 4) is 0 Å². The van der Waals surface area contributed by atoms with Crippen LogP contribution in [0.15, 0.2) is 0 Å². The first kappa shape index (κ1) is 8.05. The van der Waals surface area contributed by atoms with Crippen molar-refractivity contribution in [3.63, 3.8) is 0 Å². The van der Waals surface area contributed by atoms with Crippen LogP contribution in [0.2, 0.25) is 0 Å². The summed E-state index contributed by atoms with van der Waals surface area (Å²) in [6.07, 6.45) is 3.25. The summed E-state index contributed by atoms with van der Waals surface area (Å²) in [7, 11) is 0. The quantitative estimate of drug-likeness (QED) is 0.621. The molecule has 1 aliphatic carbocycles. The van der Waals surface area contributed by atoms with E-state index in [9.17, 15) is 4.79 Å². The van der Waals surface area contributed by atoms with Gasteiger partial charge in [0.05, 0.1) is 5.54 Å². The van der Waals surface area contributed by atoms with Crippen molar-refractivity contribution in [1.82, 2.24) is 10.6 Å². The van der Waals surface area contributed by atoms with Crippen LogP contribution in [0.25, 0.3) is 0 Å². The van der Waals surface area contributed by atoms with Gasteiger partial charge in [-0.25, -0.2) is 0 Å². The second-order valence-corrected chi connectivity index (χ2v) is 4.25. The molecule has 2 aliphatic rings. The highest BCUT2D eigenvalue weighted by Gasteiger charge is 2.36. The van der Waals surface area contributed by atoms with E-state index in [4.69, 9.17) is 0 Å². The summed E-state index contributed by atoms with van der Waals surface area (Å²) in [5.74, 6) is 0.601. The lowest BCUT2D eigenvalue weighted by molar-refractivity contribution is -0.123. The van der Waals surface area contributed by atoms with Gasteiger partial charge in [0.1, 0.15) is 0 Å². The smallest absolute Gasteiger partial charge is 0.223 e. The largest absolute Gasteiger partial charge is 0.349 e. The van der Waals surface area contributed by atoms with Crippen molar-refractivity contribution in [2.24, 2.45) is 5.92 Å². The molecule has 0 aromatic heterocycles. The summed E-state index contributed by atoms with van der Waals surface area (Å²) in [6.45, 7) is 4.07. The normalized spacial score (nSPS) is 35.1. The Morgan fingerprint density at radius 1 is 1.58 bits per heavy atom. The van der Waals surface area contributed by atoms with E-state index in [1.807, 2.05) is 0 Å². The van der Waals surface area contributed by atoms with Gasteiger partial charge in [-0.1, -0.05) is 0 Å². The van der Waals surface area contributed by atoms with E-state index >= 15 is 0 Å². The summed E-state index contributed by atoms with van der Waals surface area (Å²) in [5, 5.41) is 6.38. The maximum Gasteiger partial charge on any atom is 0.223 e. The molecule has 0 aromatic carbocycles. The number of hydrogen-bond acceptors (Lipinski definition) is 2. The van der Waals surface area contributed by atoms with Crippen LogP contribution in [0, 0.1) is 5.92 Å². The molecule has 1 heterocycles. The number of nitrogens with one attached hydrogen (secondary N) is 2. The Labute approximate surface area is 72.9 Å². The monoisotopic (exact) mass is 168 g/mol. The van der Waals surface area contributed by atoms with Crippen molar-refractivity contribution in [1.29, 1.82) is 0 Å². The van der Waals surface area contributed by atoms with Gasteiger partial charge < -0.3 is 10.6 Å². The highest BCUT2D eigenvalue weighted by molar-refractivity contribution is 5.81. The SMILES string of the molecule is CC1(NC(=O)C2CC2)CCNC1. The molecule has 0 spiro atoms. The lowest BCUT2D eigenvalue weighted by Crippen LogP contribution is -2.48. The van der Waals surface area contributed by atoms with Crippen LogP contribution >= 0.6 is 0 Å². The van der Waals surface area contributed by atoms with Gasteiger partial charge in [-0.15, -0.1) is 0 Å². The highest BCUT2D eigenvalue weighted by Crippen LogP contribution is 2.30. The zero-order valence-electron chi connectivity index (χ0n) is 7.52. The Hall–Kier alpha value is -0.570. The molecule has 1 aliphatic heterocycles. The second kappa shape index (κ2) is 2.73. The summed E-state index contributed by atoms with van der Waals surface area (Å²) in [5.41, 5.74) is 0.0275. The highest BCUT2D eigenvalue weighted by atomic mass is 16.2. The zero-order chi connectivity index (χ0) is 8.60. The Kier molecular flexibility index (Phi) is 1.83. The zero-order valence-corrected chi connectivity index (χ0v) is 7.52. The van der Waals surface area contributed by atoms with E-state index in [-0.39, 0.29) is 11.4 Å². The third-order valence-corrected chi connectivity index (χ3v) is 2.74. The minimum absolute atomic E-state index is 0.0275. The van der Waals surface area contributed by atoms with Gasteiger partial charge in [0.15, 0.2) is 0 Å². The first-order chi connectivity index (χ1) is 5.70. The lowest BCUT2D eigenvalue weighted by Gasteiger charge is -2.24. The van der Waals surface area contributed by atoms with Gasteiger partial charge in [-0.2, -0.15) is 0 Å². The standard InChI is InChI=1S/C9H16N2O/c1-9(4-5-10-6-9)11-8(12)7-2-3-7/h7,10H,2-6H2,1H3,(H,11,12). The number of rotatable bonds is 2. The fourth-order valence-corrected chi connectivity index (χ4v) is 1.67.